The molecular weight excluding hydrogens is 208 g/mol. The highest BCUT2D eigenvalue weighted by atomic mass is 16.8. The van der Waals surface area contributed by atoms with Crippen LogP contribution in [0.2, 0.25) is 0 Å². The fourth-order valence-corrected chi connectivity index (χ4v) is 2.55. The fourth-order valence-electron chi connectivity index (χ4n) is 2.55. The van der Waals surface area contributed by atoms with E-state index >= 15 is 0 Å². The van der Waals surface area contributed by atoms with Crippen molar-refractivity contribution in [2.45, 2.75) is 63.4 Å². The maximum Gasteiger partial charge on any atom is 0.163 e. The Balaban J connectivity index is 2.18. The molecule has 2 heterocycles. The summed E-state index contributed by atoms with van der Waals surface area (Å²) in [5.41, 5.74) is 11.8. The standard InChI is InChI=1S/C11H22N2O3/c1-4-6-9-10(16-11(2,3)15-9)8(13)7(5-12)14-6/h6-10H,4-5,12-13H2,1-3H3/t6-,7?,8+,9+,10-/m1/s1. The molecule has 4 N–H and O–H groups in total. The Bertz CT molecular complexity index is 260. The summed E-state index contributed by atoms with van der Waals surface area (Å²) in [6.45, 7) is 6.30. The van der Waals surface area contributed by atoms with Crippen molar-refractivity contribution >= 4 is 0 Å². The molecule has 0 saturated carbocycles. The Labute approximate surface area is 96.4 Å². The first-order valence-corrected chi connectivity index (χ1v) is 5.95. The summed E-state index contributed by atoms with van der Waals surface area (Å²) in [5, 5.41) is 0. The predicted molar refractivity (Wildman–Crippen MR) is 59.8 cm³/mol. The molecule has 5 nitrogen and oxygen atoms in total. The molecule has 2 saturated heterocycles. The number of rotatable bonds is 2. The molecule has 0 bridgehead atoms. The van der Waals surface area contributed by atoms with E-state index in [-0.39, 0.29) is 30.5 Å². The lowest BCUT2D eigenvalue weighted by Crippen LogP contribution is -2.61. The highest BCUT2D eigenvalue weighted by molar-refractivity contribution is 5.00. The van der Waals surface area contributed by atoms with Crippen molar-refractivity contribution in [2.24, 2.45) is 11.5 Å². The average molecular weight is 230 g/mol. The number of fused-ring (bicyclic) bond motifs is 1. The van der Waals surface area contributed by atoms with Crippen molar-refractivity contribution in [1.82, 2.24) is 0 Å². The monoisotopic (exact) mass is 230 g/mol. The lowest BCUT2D eigenvalue weighted by Gasteiger charge is -2.40. The molecule has 0 aromatic heterocycles. The lowest BCUT2D eigenvalue weighted by molar-refractivity contribution is -0.158. The summed E-state index contributed by atoms with van der Waals surface area (Å²) in [7, 11) is 0. The number of nitrogens with two attached hydrogens (primary N) is 2. The molecule has 0 amide bonds. The van der Waals surface area contributed by atoms with E-state index < -0.39 is 5.79 Å². The molecule has 0 radical (unpaired) electrons. The zero-order valence-corrected chi connectivity index (χ0v) is 10.2. The zero-order valence-electron chi connectivity index (χ0n) is 10.2. The van der Waals surface area contributed by atoms with Crippen LogP contribution in [0.15, 0.2) is 0 Å². The minimum atomic E-state index is -0.576. The molecule has 5 heteroatoms. The van der Waals surface area contributed by atoms with Crippen molar-refractivity contribution in [3.8, 4) is 0 Å². The molecule has 0 aromatic rings. The Kier molecular flexibility index (Phi) is 3.25. The van der Waals surface area contributed by atoms with Gasteiger partial charge in [0.05, 0.1) is 18.2 Å². The van der Waals surface area contributed by atoms with E-state index in [0.29, 0.717) is 6.54 Å². The molecule has 0 aromatic carbocycles. The highest BCUT2D eigenvalue weighted by Gasteiger charge is 2.52. The molecule has 5 atom stereocenters. The van der Waals surface area contributed by atoms with Gasteiger partial charge in [-0.3, -0.25) is 0 Å². The molecule has 16 heavy (non-hydrogen) atoms. The Hall–Kier alpha value is -0.200. The molecule has 0 spiro atoms. The molecule has 2 rings (SSSR count). The minimum absolute atomic E-state index is 0.0279. The zero-order chi connectivity index (χ0) is 11.9. The maximum atomic E-state index is 6.10. The first-order valence-electron chi connectivity index (χ1n) is 5.95. The molecule has 2 aliphatic rings. The average Bonchev–Trinajstić information content (AvgIpc) is 2.55. The van der Waals surface area contributed by atoms with Gasteiger partial charge in [-0.1, -0.05) is 6.92 Å². The van der Waals surface area contributed by atoms with Gasteiger partial charge in [0.2, 0.25) is 0 Å². The van der Waals surface area contributed by atoms with Crippen LogP contribution < -0.4 is 11.5 Å². The van der Waals surface area contributed by atoms with E-state index in [1.807, 2.05) is 13.8 Å². The summed E-state index contributed by atoms with van der Waals surface area (Å²) >= 11 is 0. The van der Waals surface area contributed by atoms with Gasteiger partial charge < -0.3 is 25.7 Å². The van der Waals surface area contributed by atoms with Crippen molar-refractivity contribution in [1.29, 1.82) is 0 Å². The van der Waals surface area contributed by atoms with E-state index in [1.54, 1.807) is 0 Å². The Morgan fingerprint density at radius 3 is 2.31 bits per heavy atom. The summed E-state index contributed by atoms with van der Waals surface area (Å²) < 4.78 is 17.5. The first-order chi connectivity index (χ1) is 7.48. The van der Waals surface area contributed by atoms with E-state index in [1.165, 1.54) is 0 Å². The Morgan fingerprint density at radius 2 is 1.75 bits per heavy atom. The van der Waals surface area contributed by atoms with Crippen molar-refractivity contribution < 1.29 is 14.2 Å². The van der Waals surface area contributed by atoms with Gasteiger partial charge in [0.15, 0.2) is 5.79 Å². The molecule has 1 unspecified atom stereocenters. The molecule has 2 aliphatic heterocycles. The molecular formula is C11H22N2O3. The van der Waals surface area contributed by atoms with Gasteiger partial charge in [-0.15, -0.1) is 0 Å². The van der Waals surface area contributed by atoms with Crippen molar-refractivity contribution in [3.63, 3.8) is 0 Å². The van der Waals surface area contributed by atoms with Crippen LogP contribution in [0.25, 0.3) is 0 Å². The summed E-state index contributed by atoms with van der Waals surface area (Å²) in [5.74, 6) is -0.576. The van der Waals surface area contributed by atoms with Gasteiger partial charge in [-0.05, 0) is 20.3 Å². The second-order valence-electron chi connectivity index (χ2n) is 5.00. The van der Waals surface area contributed by atoms with Crippen LogP contribution in [-0.4, -0.2) is 42.8 Å². The van der Waals surface area contributed by atoms with Crippen LogP contribution in [0.5, 0.6) is 0 Å². The SMILES string of the molecule is CC[C@H]1OC(CN)[C@H](N)[C@H]2OC(C)(C)O[C@H]21. The third-order valence-electron chi connectivity index (χ3n) is 3.32. The van der Waals surface area contributed by atoms with Crippen LogP contribution >= 0.6 is 0 Å². The second kappa shape index (κ2) is 4.23. The summed E-state index contributed by atoms with van der Waals surface area (Å²) in [6, 6.07) is -0.209. The van der Waals surface area contributed by atoms with Crippen LogP contribution in [0.1, 0.15) is 27.2 Å². The maximum absolute atomic E-state index is 6.10. The van der Waals surface area contributed by atoms with Gasteiger partial charge in [0, 0.05) is 6.54 Å². The predicted octanol–water partition coefficient (Wildman–Crippen LogP) is -0.0301. The molecule has 2 fully saturated rings. The van der Waals surface area contributed by atoms with E-state index in [4.69, 9.17) is 25.7 Å². The topological polar surface area (TPSA) is 79.7 Å². The smallest absolute Gasteiger partial charge is 0.163 e. The number of hydrogen-bond acceptors (Lipinski definition) is 5. The highest BCUT2D eigenvalue weighted by Crippen LogP contribution is 2.37. The largest absolute Gasteiger partial charge is 0.369 e. The second-order valence-corrected chi connectivity index (χ2v) is 5.00. The van der Waals surface area contributed by atoms with Gasteiger partial charge in [0.25, 0.3) is 0 Å². The first kappa shape index (κ1) is 12.3. The lowest BCUT2D eigenvalue weighted by atomic mass is 9.92. The van der Waals surface area contributed by atoms with Crippen molar-refractivity contribution in [2.75, 3.05) is 6.54 Å². The van der Waals surface area contributed by atoms with E-state index in [9.17, 15) is 0 Å². The third kappa shape index (κ3) is 1.98. The van der Waals surface area contributed by atoms with Gasteiger partial charge in [-0.25, -0.2) is 0 Å². The van der Waals surface area contributed by atoms with Crippen LogP contribution in [0, 0.1) is 0 Å². The van der Waals surface area contributed by atoms with E-state index in [2.05, 4.69) is 6.92 Å². The fraction of sp³-hybridized carbons (Fsp3) is 1.00. The van der Waals surface area contributed by atoms with Crippen LogP contribution in [0.3, 0.4) is 0 Å². The van der Waals surface area contributed by atoms with Gasteiger partial charge in [0.1, 0.15) is 12.2 Å². The minimum Gasteiger partial charge on any atom is -0.369 e. The normalized spacial score (nSPS) is 46.7. The van der Waals surface area contributed by atoms with Gasteiger partial charge in [-0.2, -0.15) is 0 Å². The van der Waals surface area contributed by atoms with Gasteiger partial charge >= 0.3 is 0 Å². The molecule has 0 aliphatic carbocycles. The van der Waals surface area contributed by atoms with Crippen molar-refractivity contribution in [3.05, 3.63) is 0 Å². The Morgan fingerprint density at radius 1 is 1.12 bits per heavy atom. The third-order valence-corrected chi connectivity index (χ3v) is 3.32. The number of ether oxygens (including phenoxy) is 3. The quantitative estimate of drug-likeness (QED) is 0.696. The van der Waals surface area contributed by atoms with Crippen LogP contribution in [-0.2, 0) is 14.2 Å². The number of hydrogen-bond donors (Lipinski definition) is 2. The van der Waals surface area contributed by atoms with E-state index in [0.717, 1.165) is 6.42 Å². The summed E-state index contributed by atoms with van der Waals surface area (Å²) in [6.07, 6.45) is 0.591. The van der Waals surface area contributed by atoms with Crippen LogP contribution in [0.4, 0.5) is 0 Å². The molecule has 94 valence electrons. The summed E-state index contributed by atoms with van der Waals surface area (Å²) in [4.78, 5) is 0.